The normalized spacial score (nSPS) is 11.5. The Morgan fingerprint density at radius 1 is 1.14 bits per heavy atom. The van der Waals surface area contributed by atoms with E-state index in [0.717, 1.165) is 20.9 Å². The van der Waals surface area contributed by atoms with Gasteiger partial charge in [0.05, 0.1) is 20.7 Å². The van der Waals surface area contributed by atoms with Crippen LogP contribution in [0, 0.1) is 0 Å². The van der Waals surface area contributed by atoms with Crippen molar-refractivity contribution < 1.29 is 13.2 Å². The molecule has 0 spiro atoms. The van der Waals surface area contributed by atoms with Gasteiger partial charge in [0.2, 0.25) is 0 Å². The van der Waals surface area contributed by atoms with Gasteiger partial charge >= 0.3 is 0 Å². The Labute approximate surface area is 189 Å². The van der Waals surface area contributed by atoms with Gasteiger partial charge in [0, 0.05) is 23.8 Å². The van der Waals surface area contributed by atoms with Crippen LogP contribution in [0.5, 0.6) is 0 Å². The minimum atomic E-state index is -3.54. The molecule has 2 aromatic carbocycles. The molecule has 0 radical (unpaired) electrons. The lowest BCUT2D eigenvalue weighted by atomic mass is 10.2. The van der Waals surface area contributed by atoms with E-state index in [2.05, 4.69) is 20.9 Å². The largest absolute Gasteiger partial charge is 0.308 e. The van der Waals surface area contributed by atoms with Crippen molar-refractivity contribution in [3.8, 4) is 0 Å². The maximum absolute atomic E-state index is 13.4. The summed E-state index contributed by atoms with van der Waals surface area (Å²) in [6.07, 6.45) is 1.11. The molecular formula is C19H21BrClN3O3S2. The van der Waals surface area contributed by atoms with E-state index in [1.54, 1.807) is 23.1 Å². The number of halogens is 2. The third-order valence-electron chi connectivity index (χ3n) is 4.10. The number of carbonyl (C=O) groups excluding carboxylic acids is 1. The van der Waals surface area contributed by atoms with Crippen molar-refractivity contribution in [1.29, 1.82) is 0 Å². The Kier molecular flexibility index (Phi) is 7.80. The molecule has 0 bridgehead atoms. The molecule has 1 amide bonds. The zero-order valence-electron chi connectivity index (χ0n) is 16.1. The van der Waals surface area contributed by atoms with Gasteiger partial charge in [-0.25, -0.2) is 13.4 Å². The van der Waals surface area contributed by atoms with Crippen LogP contribution in [0.25, 0.3) is 10.2 Å². The number of benzene rings is 2. The maximum atomic E-state index is 13.4. The number of hydrogen-bond acceptors (Lipinski definition) is 6. The summed E-state index contributed by atoms with van der Waals surface area (Å²) in [5.41, 5.74) is 0.950. The second-order valence-electron chi connectivity index (χ2n) is 6.64. The number of amides is 1. The molecule has 0 unspecified atom stereocenters. The number of sulfone groups is 1. The predicted octanol–water partition coefficient (Wildman–Crippen LogP) is 4.09. The number of nitrogens with zero attached hydrogens (tertiary/aromatic N) is 3. The highest BCUT2D eigenvalue weighted by Crippen LogP contribution is 2.32. The number of aromatic nitrogens is 1. The fraction of sp³-hybridized carbons (Fsp3) is 0.263. The van der Waals surface area contributed by atoms with Gasteiger partial charge in [0.15, 0.2) is 15.0 Å². The Morgan fingerprint density at radius 2 is 1.83 bits per heavy atom. The van der Waals surface area contributed by atoms with Crippen LogP contribution in [-0.2, 0) is 9.84 Å². The van der Waals surface area contributed by atoms with Gasteiger partial charge in [-0.05, 0) is 44.4 Å². The van der Waals surface area contributed by atoms with Gasteiger partial charge < -0.3 is 4.90 Å². The van der Waals surface area contributed by atoms with Gasteiger partial charge in [-0.3, -0.25) is 9.69 Å². The van der Waals surface area contributed by atoms with E-state index in [0.29, 0.717) is 18.2 Å². The van der Waals surface area contributed by atoms with Crippen LogP contribution in [0.3, 0.4) is 0 Å². The fourth-order valence-electron chi connectivity index (χ4n) is 2.70. The first-order valence-electron chi connectivity index (χ1n) is 8.48. The number of thiazole rings is 1. The van der Waals surface area contributed by atoms with Crippen molar-refractivity contribution in [2.24, 2.45) is 0 Å². The van der Waals surface area contributed by atoms with Crippen LogP contribution in [0.15, 0.2) is 51.8 Å². The molecule has 10 heteroatoms. The quantitative estimate of drug-likeness (QED) is 0.491. The topological polar surface area (TPSA) is 70.6 Å². The minimum absolute atomic E-state index is 0. The third-order valence-corrected chi connectivity index (χ3v) is 6.79. The predicted molar refractivity (Wildman–Crippen MR) is 124 cm³/mol. The van der Waals surface area contributed by atoms with Crippen LogP contribution in [0.2, 0.25) is 0 Å². The van der Waals surface area contributed by atoms with Gasteiger partial charge in [-0.15, -0.1) is 12.4 Å². The van der Waals surface area contributed by atoms with Crippen LogP contribution < -0.4 is 4.90 Å². The van der Waals surface area contributed by atoms with Gasteiger partial charge in [0.25, 0.3) is 5.91 Å². The number of likely N-dealkylation sites (N-methyl/N-ethyl adjacent to an activating group) is 1. The van der Waals surface area contributed by atoms with Crippen LogP contribution >= 0.6 is 39.7 Å². The average Bonchev–Trinajstić information content (AvgIpc) is 3.03. The van der Waals surface area contributed by atoms with E-state index < -0.39 is 9.84 Å². The average molecular weight is 519 g/mol. The molecule has 3 aromatic rings. The van der Waals surface area contributed by atoms with Crippen LogP contribution in [0.4, 0.5) is 5.13 Å². The summed E-state index contributed by atoms with van der Waals surface area (Å²) < 4.78 is 26.2. The minimum Gasteiger partial charge on any atom is -0.308 e. The molecule has 0 N–H and O–H groups in total. The number of fused-ring (bicyclic) bond motifs is 1. The SMILES string of the molecule is CN(C)CCN(C(=O)c1ccccc1S(C)(=O)=O)c1nc2ccc(Br)cc2s1.Cl. The van der Waals surface area contributed by atoms with Crippen molar-refractivity contribution in [2.75, 3.05) is 38.3 Å². The van der Waals surface area contributed by atoms with E-state index in [9.17, 15) is 13.2 Å². The van der Waals surface area contributed by atoms with Crippen molar-refractivity contribution in [3.63, 3.8) is 0 Å². The second kappa shape index (κ2) is 9.53. The highest BCUT2D eigenvalue weighted by atomic mass is 79.9. The molecule has 156 valence electrons. The molecule has 29 heavy (non-hydrogen) atoms. The van der Waals surface area contributed by atoms with E-state index in [1.165, 1.54) is 17.4 Å². The summed E-state index contributed by atoms with van der Waals surface area (Å²) in [7, 11) is 0.302. The number of anilines is 1. The summed E-state index contributed by atoms with van der Waals surface area (Å²) in [5.74, 6) is -0.374. The Bertz CT molecular complexity index is 1130. The van der Waals surface area contributed by atoms with E-state index >= 15 is 0 Å². The third kappa shape index (κ3) is 5.55. The first kappa shape index (κ1) is 23.8. The van der Waals surface area contributed by atoms with E-state index in [-0.39, 0.29) is 28.8 Å². The monoisotopic (exact) mass is 517 g/mol. The lowest BCUT2D eigenvalue weighted by Gasteiger charge is -2.22. The zero-order chi connectivity index (χ0) is 20.5. The Balaban J connectivity index is 0.00000300. The summed E-state index contributed by atoms with van der Waals surface area (Å²) in [6.45, 7) is 1.01. The fourth-order valence-corrected chi connectivity index (χ4v) is 5.12. The number of hydrogen-bond donors (Lipinski definition) is 0. The van der Waals surface area contributed by atoms with Crippen molar-refractivity contribution >= 4 is 70.8 Å². The highest BCUT2D eigenvalue weighted by molar-refractivity contribution is 9.10. The lowest BCUT2D eigenvalue weighted by Crippen LogP contribution is -2.37. The van der Waals surface area contributed by atoms with Gasteiger partial charge in [-0.2, -0.15) is 0 Å². The van der Waals surface area contributed by atoms with E-state index in [4.69, 9.17) is 0 Å². The van der Waals surface area contributed by atoms with Crippen molar-refractivity contribution in [2.45, 2.75) is 4.90 Å². The number of rotatable bonds is 6. The Morgan fingerprint density at radius 3 is 2.48 bits per heavy atom. The second-order valence-corrected chi connectivity index (χ2v) is 10.5. The molecule has 3 rings (SSSR count). The molecular weight excluding hydrogens is 498 g/mol. The smallest absolute Gasteiger partial charge is 0.261 e. The number of carbonyl (C=O) groups is 1. The molecule has 1 aromatic heterocycles. The summed E-state index contributed by atoms with van der Waals surface area (Å²) in [5, 5.41) is 0.545. The molecule has 0 saturated carbocycles. The van der Waals surface area contributed by atoms with Crippen molar-refractivity contribution in [3.05, 3.63) is 52.5 Å². The zero-order valence-corrected chi connectivity index (χ0v) is 20.2. The highest BCUT2D eigenvalue weighted by Gasteiger charge is 2.26. The standard InChI is InChI=1S/C19H20BrN3O3S2.ClH/c1-22(2)10-11-23(19-21-15-9-8-13(20)12-16(15)27-19)18(24)14-6-4-5-7-17(14)28(3,25)26;/h4-9,12H,10-11H2,1-3H3;1H. The van der Waals surface area contributed by atoms with E-state index in [1.807, 2.05) is 37.2 Å². The molecule has 0 aliphatic rings. The first-order chi connectivity index (χ1) is 13.2. The molecule has 6 nitrogen and oxygen atoms in total. The molecule has 1 heterocycles. The van der Waals surface area contributed by atoms with Crippen LogP contribution in [-0.4, -0.2) is 57.6 Å². The molecule has 0 atom stereocenters. The van der Waals surface area contributed by atoms with Gasteiger partial charge in [0.1, 0.15) is 0 Å². The Hall–Kier alpha value is -1.52. The molecule has 0 fully saturated rings. The maximum Gasteiger partial charge on any atom is 0.261 e. The summed E-state index contributed by atoms with van der Waals surface area (Å²) in [4.78, 5) is 21.5. The van der Waals surface area contributed by atoms with Gasteiger partial charge in [-0.1, -0.05) is 39.4 Å². The molecule has 0 saturated heterocycles. The first-order valence-corrected chi connectivity index (χ1v) is 12.0. The van der Waals surface area contributed by atoms with Crippen LogP contribution in [0.1, 0.15) is 10.4 Å². The molecule has 0 aliphatic carbocycles. The lowest BCUT2D eigenvalue weighted by molar-refractivity contribution is 0.0982. The summed E-state index contributed by atoms with van der Waals surface area (Å²) >= 11 is 4.85. The summed E-state index contributed by atoms with van der Waals surface area (Å²) in [6, 6.07) is 12.0. The molecule has 0 aliphatic heterocycles. The van der Waals surface area contributed by atoms with Crippen molar-refractivity contribution in [1.82, 2.24) is 9.88 Å².